The Morgan fingerprint density at radius 3 is 2.60 bits per heavy atom. The maximum Gasteiger partial charge on any atom is 0.142 e. The zero-order valence-corrected chi connectivity index (χ0v) is 9.68. The van der Waals surface area contributed by atoms with E-state index in [0.717, 1.165) is 5.56 Å². The van der Waals surface area contributed by atoms with E-state index in [0.29, 0.717) is 18.4 Å². The smallest absolute Gasteiger partial charge is 0.142 e. The van der Waals surface area contributed by atoms with Gasteiger partial charge in [0, 0.05) is 0 Å². The first kappa shape index (κ1) is 10.9. The van der Waals surface area contributed by atoms with Crippen molar-refractivity contribution < 1.29 is 4.39 Å². The highest BCUT2D eigenvalue weighted by molar-refractivity contribution is 6.30. The Balaban J connectivity index is 2.29. The van der Waals surface area contributed by atoms with Crippen LogP contribution >= 0.6 is 11.6 Å². The van der Waals surface area contributed by atoms with Gasteiger partial charge in [-0.05, 0) is 41.5 Å². The first-order chi connectivity index (χ1) is 6.98. The molecule has 15 heavy (non-hydrogen) atoms. The van der Waals surface area contributed by atoms with Gasteiger partial charge in [-0.15, -0.1) is 0 Å². The average molecular weight is 228 g/mol. The zero-order valence-electron chi connectivity index (χ0n) is 8.93. The lowest BCUT2D eigenvalue weighted by Crippen LogP contribution is -2.05. The van der Waals surface area contributed by atoms with Crippen LogP contribution in [-0.2, 0) is 0 Å². The minimum atomic E-state index is -0.340. The van der Waals surface area contributed by atoms with Crippen LogP contribution in [0.5, 0.6) is 0 Å². The topological polar surface area (TPSA) is 26.0 Å². The van der Waals surface area contributed by atoms with E-state index < -0.39 is 0 Å². The highest BCUT2D eigenvalue weighted by Crippen LogP contribution is 2.63. The SMILES string of the molecule is CC1(C)C(CN)C1c1ccc(Cl)c(F)c1. The third-order valence-corrected chi connectivity index (χ3v) is 3.91. The van der Waals surface area contributed by atoms with Crippen LogP contribution in [0.1, 0.15) is 25.3 Å². The third-order valence-electron chi connectivity index (χ3n) is 3.61. The standard InChI is InChI=1S/C12H15ClFN/c1-12(2)8(6-15)11(12)7-3-4-9(13)10(14)5-7/h3-5,8,11H,6,15H2,1-2H3. The van der Waals surface area contributed by atoms with Crippen molar-refractivity contribution in [3.63, 3.8) is 0 Å². The fraction of sp³-hybridized carbons (Fsp3) is 0.500. The van der Waals surface area contributed by atoms with E-state index >= 15 is 0 Å². The third kappa shape index (κ3) is 1.66. The molecule has 0 spiro atoms. The Bertz CT molecular complexity index is 389. The van der Waals surface area contributed by atoms with Crippen LogP contribution in [0.4, 0.5) is 4.39 Å². The Morgan fingerprint density at radius 2 is 2.13 bits per heavy atom. The Hall–Kier alpha value is -0.600. The molecule has 0 saturated heterocycles. The molecule has 82 valence electrons. The molecule has 1 fully saturated rings. The molecule has 0 heterocycles. The summed E-state index contributed by atoms with van der Waals surface area (Å²) in [6, 6.07) is 5.05. The van der Waals surface area contributed by atoms with Crippen LogP contribution in [0, 0.1) is 17.2 Å². The van der Waals surface area contributed by atoms with Crippen molar-refractivity contribution in [2.75, 3.05) is 6.54 Å². The van der Waals surface area contributed by atoms with Crippen molar-refractivity contribution in [1.29, 1.82) is 0 Å². The summed E-state index contributed by atoms with van der Waals surface area (Å²) in [5.74, 6) is 0.486. The number of benzene rings is 1. The van der Waals surface area contributed by atoms with Crippen LogP contribution in [0.25, 0.3) is 0 Å². The van der Waals surface area contributed by atoms with Gasteiger partial charge in [-0.1, -0.05) is 31.5 Å². The van der Waals surface area contributed by atoms with Gasteiger partial charge in [0.05, 0.1) is 5.02 Å². The predicted octanol–water partition coefficient (Wildman–Crippen LogP) is 3.18. The van der Waals surface area contributed by atoms with E-state index in [-0.39, 0.29) is 16.3 Å². The highest BCUT2D eigenvalue weighted by atomic mass is 35.5. The summed E-state index contributed by atoms with van der Waals surface area (Å²) in [6.45, 7) is 4.99. The summed E-state index contributed by atoms with van der Waals surface area (Å²) in [6.07, 6.45) is 0. The fourth-order valence-corrected chi connectivity index (χ4v) is 2.67. The monoisotopic (exact) mass is 227 g/mol. The van der Waals surface area contributed by atoms with E-state index in [1.54, 1.807) is 6.07 Å². The van der Waals surface area contributed by atoms with Crippen molar-refractivity contribution >= 4 is 11.6 Å². The zero-order chi connectivity index (χ0) is 11.2. The van der Waals surface area contributed by atoms with Gasteiger partial charge in [-0.25, -0.2) is 4.39 Å². The van der Waals surface area contributed by atoms with Crippen molar-refractivity contribution in [1.82, 2.24) is 0 Å². The van der Waals surface area contributed by atoms with Gasteiger partial charge < -0.3 is 5.73 Å². The minimum absolute atomic E-state index is 0.182. The van der Waals surface area contributed by atoms with Gasteiger partial charge in [0.2, 0.25) is 0 Å². The number of hydrogen-bond acceptors (Lipinski definition) is 1. The summed E-state index contributed by atoms with van der Waals surface area (Å²) in [4.78, 5) is 0. The average Bonchev–Trinajstić information content (AvgIpc) is 2.73. The highest BCUT2D eigenvalue weighted by Gasteiger charge is 2.57. The van der Waals surface area contributed by atoms with Crippen molar-refractivity contribution in [3.8, 4) is 0 Å². The Morgan fingerprint density at radius 1 is 1.47 bits per heavy atom. The summed E-state index contributed by atoms with van der Waals surface area (Å²) in [5.41, 5.74) is 6.89. The molecule has 1 nitrogen and oxygen atoms in total. The van der Waals surface area contributed by atoms with Crippen LogP contribution in [0.2, 0.25) is 5.02 Å². The van der Waals surface area contributed by atoms with Crippen LogP contribution in [0.3, 0.4) is 0 Å². The second-order valence-corrected chi connectivity index (χ2v) is 5.22. The van der Waals surface area contributed by atoms with Crippen molar-refractivity contribution in [3.05, 3.63) is 34.6 Å². The summed E-state index contributed by atoms with van der Waals surface area (Å²) < 4.78 is 13.3. The maximum atomic E-state index is 13.3. The molecule has 0 bridgehead atoms. The predicted molar refractivity (Wildman–Crippen MR) is 60.5 cm³/mol. The van der Waals surface area contributed by atoms with E-state index in [9.17, 15) is 4.39 Å². The van der Waals surface area contributed by atoms with E-state index in [1.807, 2.05) is 6.07 Å². The van der Waals surface area contributed by atoms with Gasteiger partial charge in [0.1, 0.15) is 5.82 Å². The van der Waals surface area contributed by atoms with Crippen LogP contribution < -0.4 is 5.73 Å². The first-order valence-electron chi connectivity index (χ1n) is 5.13. The lowest BCUT2D eigenvalue weighted by atomic mass is 10.0. The molecule has 2 N–H and O–H groups in total. The van der Waals surface area contributed by atoms with Crippen LogP contribution in [0.15, 0.2) is 18.2 Å². The molecule has 0 aromatic heterocycles. The molecule has 1 aliphatic rings. The van der Waals surface area contributed by atoms with Crippen molar-refractivity contribution in [2.45, 2.75) is 19.8 Å². The summed E-state index contributed by atoms with van der Waals surface area (Å²) in [5, 5.41) is 0.182. The molecule has 0 amide bonds. The summed E-state index contributed by atoms with van der Waals surface area (Å²) in [7, 11) is 0. The molecule has 1 aromatic rings. The molecule has 2 unspecified atom stereocenters. The lowest BCUT2D eigenvalue weighted by Gasteiger charge is -2.03. The summed E-state index contributed by atoms with van der Waals surface area (Å²) >= 11 is 5.65. The Kier molecular flexibility index (Phi) is 2.52. The quantitative estimate of drug-likeness (QED) is 0.825. The number of nitrogens with two attached hydrogens (primary N) is 1. The second kappa shape index (κ2) is 3.46. The van der Waals surface area contributed by atoms with E-state index in [2.05, 4.69) is 13.8 Å². The Labute approximate surface area is 94.4 Å². The van der Waals surface area contributed by atoms with Crippen LogP contribution in [-0.4, -0.2) is 6.54 Å². The molecular formula is C12H15ClFN. The lowest BCUT2D eigenvalue weighted by molar-refractivity contribution is 0.558. The number of hydrogen-bond donors (Lipinski definition) is 1. The number of halogens is 2. The first-order valence-corrected chi connectivity index (χ1v) is 5.51. The molecule has 0 aliphatic heterocycles. The largest absolute Gasteiger partial charge is 0.330 e. The molecule has 3 heteroatoms. The van der Waals surface area contributed by atoms with Gasteiger partial charge >= 0.3 is 0 Å². The molecule has 0 radical (unpaired) electrons. The molecule has 2 atom stereocenters. The number of rotatable bonds is 2. The minimum Gasteiger partial charge on any atom is -0.330 e. The van der Waals surface area contributed by atoms with E-state index in [1.165, 1.54) is 6.07 Å². The van der Waals surface area contributed by atoms with E-state index in [4.69, 9.17) is 17.3 Å². The molecule has 1 aromatic carbocycles. The molecule has 2 rings (SSSR count). The van der Waals surface area contributed by atoms with Crippen molar-refractivity contribution in [2.24, 2.45) is 17.1 Å². The fourth-order valence-electron chi connectivity index (χ4n) is 2.55. The van der Waals surface area contributed by atoms with Gasteiger partial charge in [-0.2, -0.15) is 0 Å². The second-order valence-electron chi connectivity index (χ2n) is 4.81. The molecule has 1 saturated carbocycles. The normalized spacial score (nSPS) is 27.8. The molecular weight excluding hydrogens is 213 g/mol. The maximum absolute atomic E-state index is 13.3. The van der Waals surface area contributed by atoms with Gasteiger partial charge in [0.25, 0.3) is 0 Å². The van der Waals surface area contributed by atoms with Gasteiger partial charge in [-0.3, -0.25) is 0 Å². The molecule has 1 aliphatic carbocycles. The van der Waals surface area contributed by atoms with Gasteiger partial charge in [0.15, 0.2) is 0 Å².